The summed E-state index contributed by atoms with van der Waals surface area (Å²) >= 11 is 0. The highest BCUT2D eigenvalue weighted by atomic mass is 14.9. The van der Waals surface area contributed by atoms with E-state index in [1.807, 2.05) is 43.4 Å². The van der Waals surface area contributed by atoms with E-state index < -0.39 is 0 Å². The second-order valence-corrected chi connectivity index (χ2v) is 2.77. The third-order valence-electron chi connectivity index (χ3n) is 1.59. The number of nitrogens with zero attached hydrogens (tertiary/aromatic N) is 1. The maximum atomic E-state index is 3.93. The minimum Gasteiger partial charge on any atom is -0.356 e. The summed E-state index contributed by atoms with van der Waals surface area (Å²) in [4.78, 5) is 3.93. The molecule has 0 aromatic carbocycles. The Bertz CT molecular complexity index is 337. The summed E-state index contributed by atoms with van der Waals surface area (Å²) in [5, 5.41) is 3.15. The summed E-state index contributed by atoms with van der Waals surface area (Å²) in [5.41, 5.74) is 1.85. The molecule has 0 unspecified atom stereocenters. The van der Waals surface area contributed by atoms with E-state index in [1.165, 1.54) is 0 Å². The van der Waals surface area contributed by atoms with Crippen LogP contribution in [0, 0.1) is 0 Å². The van der Waals surface area contributed by atoms with Crippen LogP contribution in [0.15, 0.2) is 61.1 Å². The van der Waals surface area contributed by atoms with Gasteiger partial charge in [0.2, 0.25) is 0 Å². The third kappa shape index (κ3) is 3.72. The number of anilines is 1. The smallest absolute Gasteiger partial charge is 0.0414 e. The standard InChI is InChI=1S/C12H14N2/c1-3-4-5-6-11(2)14-12-7-9-13-10-8-12/h3-10H,2H2,1H3,(H,13,14)/b4-3-,6-5-. The molecule has 0 atom stereocenters. The first kappa shape index (κ1) is 10.3. The Labute approximate surface area is 84.7 Å². The van der Waals surface area contributed by atoms with E-state index in [4.69, 9.17) is 0 Å². The van der Waals surface area contributed by atoms with Crippen molar-refractivity contribution in [2.24, 2.45) is 0 Å². The van der Waals surface area contributed by atoms with Gasteiger partial charge in [-0.1, -0.05) is 24.8 Å². The van der Waals surface area contributed by atoms with Crippen molar-refractivity contribution in [1.29, 1.82) is 0 Å². The first-order chi connectivity index (χ1) is 6.83. The molecule has 0 saturated carbocycles. The van der Waals surface area contributed by atoms with Crippen LogP contribution in [0.1, 0.15) is 6.92 Å². The molecule has 0 saturated heterocycles. The van der Waals surface area contributed by atoms with Gasteiger partial charge in [-0.05, 0) is 25.1 Å². The predicted molar refractivity (Wildman–Crippen MR) is 61.0 cm³/mol. The number of pyridine rings is 1. The molecule has 1 rings (SSSR count). The Morgan fingerprint density at radius 3 is 2.71 bits per heavy atom. The highest BCUT2D eigenvalue weighted by Gasteiger charge is 1.89. The monoisotopic (exact) mass is 186 g/mol. The number of aromatic nitrogens is 1. The molecule has 1 heterocycles. The first-order valence-electron chi connectivity index (χ1n) is 4.48. The zero-order valence-electron chi connectivity index (χ0n) is 8.27. The van der Waals surface area contributed by atoms with Crippen LogP contribution in [-0.4, -0.2) is 4.98 Å². The SMILES string of the molecule is C=C(/C=C\C=C/C)Nc1ccncc1. The van der Waals surface area contributed by atoms with Gasteiger partial charge >= 0.3 is 0 Å². The fourth-order valence-corrected chi connectivity index (χ4v) is 0.945. The van der Waals surface area contributed by atoms with E-state index in [0.717, 1.165) is 11.4 Å². The maximum Gasteiger partial charge on any atom is 0.0414 e. The Balaban J connectivity index is 2.50. The zero-order chi connectivity index (χ0) is 10.2. The van der Waals surface area contributed by atoms with Crippen molar-refractivity contribution >= 4 is 5.69 Å². The van der Waals surface area contributed by atoms with Crippen molar-refractivity contribution in [2.45, 2.75) is 6.92 Å². The van der Waals surface area contributed by atoms with E-state index in [2.05, 4.69) is 16.9 Å². The van der Waals surface area contributed by atoms with Crippen molar-refractivity contribution in [2.75, 3.05) is 5.32 Å². The largest absolute Gasteiger partial charge is 0.356 e. The molecule has 0 aliphatic rings. The van der Waals surface area contributed by atoms with Crippen LogP contribution in [-0.2, 0) is 0 Å². The average Bonchev–Trinajstić information content (AvgIpc) is 2.20. The molecule has 0 spiro atoms. The van der Waals surface area contributed by atoms with Gasteiger partial charge in [0, 0.05) is 23.8 Å². The Morgan fingerprint density at radius 1 is 1.36 bits per heavy atom. The van der Waals surface area contributed by atoms with E-state index in [0.29, 0.717) is 0 Å². The molecular formula is C12H14N2. The summed E-state index contributed by atoms with van der Waals surface area (Å²) < 4.78 is 0. The molecule has 0 fully saturated rings. The molecule has 1 aromatic rings. The quantitative estimate of drug-likeness (QED) is 0.731. The predicted octanol–water partition coefficient (Wildman–Crippen LogP) is 3.14. The molecule has 1 N–H and O–H groups in total. The van der Waals surface area contributed by atoms with Crippen molar-refractivity contribution in [3.05, 3.63) is 61.1 Å². The van der Waals surface area contributed by atoms with E-state index >= 15 is 0 Å². The summed E-state index contributed by atoms with van der Waals surface area (Å²) in [5.74, 6) is 0. The normalized spacial score (nSPS) is 10.9. The third-order valence-corrected chi connectivity index (χ3v) is 1.59. The maximum absolute atomic E-state index is 3.93. The van der Waals surface area contributed by atoms with Crippen LogP contribution < -0.4 is 5.32 Å². The van der Waals surface area contributed by atoms with Crippen LogP contribution in [0.3, 0.4) is 0 Å². The lowest BCUT2D eigenvalue weighted by Crippen LogP contribution is -1.94. The number of allylic oxidation sites excluding steroid dienone is 4. The topological polar surface area (TPSA) is 24.9 Å². The Hall–Kier alpha value is -1.83. The number of rotatable bonds is 4. The minimum atomic E-state index is 0.856. The summed E-state index contributed by atoms with van der Waals surface area (Å²) in [6.07, 6.45) is 11.3. The zero-order valence-corrected chi connectivity index (χ0v) is 8.27. The van der Waals surface area contributed by atoms with Gasteiger partial charge in [-0.15, -0.1) is 0 Å². The van der Waals surface area contributed by atoms with Gasteiger partial charge in [-0.2, -0.15) is 0 Å². The Morgan fingerprint density at radius 2 is 2.07 bits per heavy atom. The molecule has 2 heteroatoms. The van der Waals surface area contributed by atoms with Crippen LogP contribution in [0.5, 0.6) is 0 Å². The van der Waals surface area contributed by atoms with Gasteiger partial charge in [0.05, 0.1) is 0 Å². The van der Waals surface area contributed by atoms with E-state index in [1.54, 1.807) is 12.4 Å². The van der Waals surface area contributed by atoms with Crippen LogP contribution in [0.25, 0.3) is 0 Å². The molecule has 14 heavy (non-hydrogen) atoms. The molecular weight excluding hydrogens is 172 g/mol. The van der Waals surface area contributed by atoms with Gasteiger partial charge < -0.3 is 5.32 Å². The summed E-state index contributed by atoms with van der Waals surface area (Å²) in [7, 11) is 0. The fourth-order valence-electron chi connectivity index (χ4n) is 0.945. The highest BCUT2D eigenvalue weighted by molar-refractivity contribution is 5.48. The van der Waals surface area contributed by atoms with Gasteiger partial charge in [-0.25, -0.2) is 0 Å². The average molecular weight is 186 g/mol. The molecule has 2 nitrogen and oxygen atoms in total. The van der Waals surface area contributed by atoms with Gasteiger partial charge in [0.25, 0.3) is 0 Å². The molecule has 0 radical (unpaired) electrons. The van der Waals surface area contributed by atoms with E-state index in [9.17, 15) is 0 Å². The summed E-state index contributed by atoms with van der Waals surface area (Å²) in [6.45, 7) is 5.85. The number of hydrogen-bond acceptors (Lipinski definition) is 2. The molecule has 72 valence electrons. The first-order valence-corrected chi connectivity index (χ1v) is 4.48. The second kappa shape index (κ2) is 5.75. The van der Waals surface area contributed by atoms with E-state index in [-0.39, 0.29) is 0 Å². The van der Waals surface area contributed by atoms with Crippen LogP contribution in [0.4, 0.5) is 5.69 Å². The molecule has 0 aliphatic heterocycles. The van der Waals surface area contributed by atoms with Crippen LogP contribution >= 0.6 is 0 Å². The van der Waals surface area contributed by atoms with Gasteiger partial charge in [-0.3, -0.25) is 4.98 Å². The second-order valence-electron chi connectivity index (χ2n) is 2.77. The number of hydrogen-bond donors (Lipinski definition) is 1. The highest BCUT2D eigenvalue weighted by Crippen LogP contribution is 2.06. The van der Waals surface area contributed by atoms with Crippen molar-refractivity contribution in [3.8, 4) is 0 Å². The lowest BCUT2D eigenvalue weighted by molar-refractivity contribution is 1.32. The summed E-state index contributed by atoms with van der Waals surface area (Å²) in [6, 6.07) is 3.80. The molecule has 0 bridgehead atoms. The lowest BCUT2D eigenvalue weighted by atomic mass is 10.3. The molecule has 1 aromatic heterocycles. The minimum absolute atomic E-state index is 0.856. The molecule has 0 aliphatic carbocycles. The van der Waals surface area contributed by atoms with Crippen molar-refractivity contribution < 1.29 is 0 Å². The number of nitrogens with one attached hydrogen (secondary N) is 1. The van der Waals surface area contributed by atoms with Crippen LogP contribution in [0.2, 0.25) is 0 Å². The lowest BCUT2D eigenvalue weighted by Gasteiger charge is -2.03. The fraction of sp³-hybridized carbons (Fsp3) is 0.0833. The van der Waals surface area contributed by atoms with Crippen molar-refractivity contribution in [1.82, 2.24) is 4.98 Å². The Kier molecular flexibility index (Phi) is 4.21. The van der Waals surface area contributed by atoms with Crippen molar-refractivity contribution in [3.63, 3.8) is 0 Å². The molecule has 0 amide bonds. The van der Waals surface area contributed by atoms with Gasteiger partial charge in [0.1, 0.15) is 0 Å². The van der Waals surface area contributed by atoms with Gasteiger partial charge in [0.15, 0.2) is 0 Å².